The Labute approximate surface area is 120 Å². The molecular weight excluding hydrogens is 254 g/mol. The SMILES string of the molecule is C=CCCOCCNc1cc(N)ccc1C(=O)N(C)C. The van der Waals surface area contributed by atoms with Gasteiger partial charge in [-0.15, -0.1) is 6.58 Å². The minimum absolute atomic E-state index is 0.0555. The zero-order valence-corrected chi connectivity index (χ0v) is 12.2. The number of ether oxygens (including phenoxy) is 1. The van der Waals surface area contributed by atoms with Gasteiger partial charge in [0.25, 0.3) is 5.91 Å². The molecule has 0 aliphatic heterocycles. The van der Waals surface area contributed by atoms with Gasteiger partial charge in [-0.05, 0) is 24.6 Å². The molecule has 0 unspecified atom stereocenters. The quantitative estimate of drug-likeness (QED) is 0.433. The number of nitrogens with two attached hydrogens (primary N) is 1. The zero-order valence-electron chi connectivity index (χ0n) is 12.2. The van der Waals surface area contributed by atoms with Crippen LogP contribution in [0.5, 0.6) is 0 Å². The molecule has 0 saturated heterocycles. The van der Waals surface area contributed by atoms with Crippen LogP contribution in [0.25, 0.3) is 0 Å². The molecule has 110 valence electrons. The summed E-state index contributed by atoms with van der Waals surface area (Å²) in [7, 11) is 3.45. The lowest BCUT2D eigenvalue weighted by Crippen LogP contribution is -2.23. The number of hydrogen-bond acceptors (Lipinski definition) is 4. The van der Waals surface area contributed by atoms with E-state index >= 15 is 0 Å². The van der Waals surface area contributed by atoms with Gasteiger partial charge in [0.15, 0.2) is 0 Å². The van der Waals surface area contributed by atoms with E-state index in [0.717, 1.165) is 12.1 Å². The number of hydrogen-bond donors (Lipinski definition) is 2. The van der Waals surface area contributed by atoms with Gasteiger partial charge in [-0.3, -0.25) is 4.79 Å². The van der Waals surface area contributed by atoms with Crippen molar-refractivity contribution < 1.29 is 9.53 Å². The van der Waals surface area contributed by atoms with E-state index in [2.05, 4.69) is 11.9 Å². The Hall–Kier alpha value is -2.01. The van der Waals surface area contributed by atoms with Gasteiger partial charge in [0.1, 0.15) is 0 Å². The van der Waals surface area contributed by atoms with Crippen LogP contribution in [0, 0.1) is 0 Å². The molecule has 0 atom stereocenters. The van der Waals surface area contributed by atoms with Crippen LogP contribution in [-0.2, 0) is 4.74 Å². The highest BCUT2D eigenvalue weighted by molar-refractivity contribution is 5.99. The molecule has 1 rings (SSSR count). The van der Waals surface area contributed by atoms with Crippen molar-refractivity contribution in [2.75, 3.05) is 44.9 Å². The Kier molecular flexibility index (Phi) is 6.59. The minimum atomic E-state index is -0.0555. The monoisotopic (exact) mass is 277 g/mol. The average Bonchev–Trinajstić information content (AvgIpc) is 2.42. The zero-order chi connectivity index (χ0) is 15.0. The van der Waals surface area contributed by atoms with Crippen LogP contribution in [0.1, 0.15) is 16.8 Å². The van der Waals surface area contributed by atoms with E-state index in [9.17, 15) is 4.79 Å². The second-order valence-electron chi connectivity index (χ2n) is 4.62. The summed E-state index contributed by atoms with van der Waals surface area (Å²) >= 11 is 0. The Morgan fingerprint density at radius 2 is 2.20 bits per heavy atom. The van der Waals surface area contributed by atoms with Crippen molar-refractivity contribution in [3.8, 4) is 0 Å². The fourth-order valence-electron chi connectivity index (χ4n) is 1.66. The molecule has 0 spiro atoms. The van der Waals surface area contributed by atoms with E-state index in [1.807, 2.05) is 6.08 Å². The van der Waals surface area contributed by atoms with Gasteiger partial charge in [-0.25, -0.2) is 0 Å². The third-order valence-electron chi connectivity index (χ3n) is 2.71. The topological polar surface area (TPSA) is 67.6 Å². The Balaban J connectivity index is 2.61. The number of rotatable bonds is 8. The van der Waals surface area contributed by atoms with Gasteiger partial charge in [0, 0.05) is 32.0 Å². The summed E-state index contributed by atoms with van der Waals surface area (Å²) in [5.41, 5.74) is 7.73. The maximum atomic E-state index is 12.1. The third-order valence-corrected chi connectivity index (χ3v) is 2.71. The number of nitrogens with one attached hydrogen (secondary N) is 1. The lowest BCUT2D eigenvalue weighted by molar-refractivity contribution is 0.0828. The molecule has 0 heterocycles. The van der Waals surface area contributed by atoms with Crippen LogP contribution in [0.4, 0.5) is 11.4 Å². The first-order chi connectivity index (χ1) is 9.56. The average molecular weight is 277 g/mol. The van der Waals surface area contributed by atoms with Crippen molar-refractivity contribution >= 4 is 17.3 Å². The summed E-state index contributed by atoms with van der Waals surface area (Å²) in [6.45, 7) is 5.48. The molecule has 5 heteroatoms. The Morgan fingerprint density at radius 1 is 1.45 bits per heavy atom. The number of anilines is 2. The van der Waals surface area contributed by atoms with Crippen molar-refractivity contribution in [1.29, 1.82) is 0 Å². The molecule has 0 saturated carbocycles. The first-order valence-electron chi connectivity index (χ1n) is 6.60. The number of amides is 1. The molecule has 0 fully saturated rings. The minimum Gasteiger partial charge on any atom is -0.399 e. The van der Waals surface area contributed by atoms with Crippen molar-refractivity contribution in [3.05, 3.63) is 36.4 Å². The molecule has 0 aliphatic rings. The summed E-state index contributed by atoms with van der Waals surface area (Å²) in [6.07, 6.45) is 2.65. The van der Waals surface area contributed by atoms with Gasteiger partial charge in [0.2, 0.25) is 0 Å². The first-order valence-corrected chi connectivity index (χ1v) is 6.60. The second kappa shape index (κ2) is 8.22. The number of carbonyl (C=O) groups is 1. The van der Waals surface area contributed by atoms with E-state index in [1.54, 1.807) is 32.3 Å². The number of carbonyl (C=O) groups excluding carboxylic acids is 1. The standard InChI is InChI=1S/C15H23N3O2/c1-4-5-9-20-10-8-17-14-11-12(16)6-7-13(14)15(19)18(2)3/h4,6-7,11,17H,1,5,8-10,16H2,2-3H3. The van der Waals surface area contributed by atoms with E-state index in [-0.39, 0.29) is 5.91 Å². The Bertz CT molecular complexity index is 458. The van der Waals surface area contributed by atoms with Crippen molar-refractivity contribution in [3.63, 3.8) is 0 Å². The number of nitrogen functional groups attached to an aromatic ring is 1. The second-order valence-corrected chi connectivity index (χ2v) is 4.62. The maximum Gasteiger partial charge on any atom is 0.255 e. The summed E-state index contributed by atoms with van der Waals surface area (Å²) in [5.74, 6) is -0.0555. The molecule has 20 heavy (non-hydrogen) atoms. The molecule has 0 aliphatic carbocycles. The van der Waals surface area contributed by atoms with Crippen LogP contribution in [-0.4, -0.2) is 44.7 Å². The normalized spacial score (nSPS) is 10.1. The predicted molar refractivity (Wildman–Crippen MR) is 83.0 cm³/mol. The lowest BCUT2D eigenvalue weighted by Gasteiger charge is -2.16. The largest absolute Gasteiger partial charge is 0.399 e. The van der Waals surface area contributed by atoms with Gasteiger partial charge >= 0.3 is 0 Å². The highest BCUT2D eigenvalue weighted by Crippen LogP contribution is 2.20. The molecule has 0 bridgehead atoms. The fraction of sp³-hybridized carbons (Fsp3) is 0.400. The van der Waals surface area contributed by atoms with Crippen LogP contribution >= 0.6 is 0 Å². The molecule has 3 N–H and O–H groups in total. The molecule has 1 aromatic carbocycles. The maximum absolute atomic E-state index is 12.1. The van der Waals surface area contributed by atoms with Crippen LogP contribution in [0.2, 0.25) is 0 Å². The van der Waals surface area contributed by atoms with E-state index in [4.69, 9.17) is 10.5 Å². The van der Waals surface area contributed by atoms with Crippen molar-refractivity contribution in [1.82, 2.24) is 4.90 Å². The highest BCUT2D eigenvalue weighted by Gasteiger charge is 2.13. The van der Waals surface area contributed by atoms with E-state index < -0.39 is 0 Å². The summed E-state index contributed by atoms with van der Waals surface area (Å²) in [4.78, 5) is 13.6. The van der Waals surface area contributed by atoms with Gasteiger partial charge < -0.3 is 20.7 Å². The number of nitrogens with zero attached hydrogens (tertiary/aromatic N) is 1. The highest BCUT2D eigenvalue weighted by atomic mass is 16.5. The van der Waals surface area contributed by atoms with E-state index in [1.165, 1.54) is 4.90 Å². The van der Waals surface area contributed by atoms with Crippen LogP contribution in [0.3, 0.4) is 0 Å². The van der Waals surface area contributed by atoms with Crippen LogP contribution in [0.15, 0.2) is 30.9 Å². The number of benzene rings is 1. The van der Waals surface area contributed by atoms with Gasteiger partial charge in [-0.1, -0.05) is 6.08 Å². The fourth-order valence-corrected chi connectivity index (χ4v) is 1.66. The van der Waals surface area contributed by atoms with Gasteiger partial charge in [-0.2, -0.15) is 0 Å². The third kappa shape index (κ3) is 4.93. The predicted octanol–water partition coefficient (Wildman–Crippen LogP) is 1.98. The molecular formula is C15H23N3O2. The van der Waals surface area contributed by atoms with E-state index in [0.29, 0.717) is 31.0 Å². The lowest BCUT2D eigenvalue weighted by atomic mass is 10.1. The summed E-state index contributed by atoms with van der Waals surface area (Å²) in [6, 6.07) is 5.22. The summed E-state index contributed by atoms with van der Waals surface area (Å²) in [5, 5.41) is 3.19. The Morgan fingerprint density at radius 3 is 2.85 bits per heavy atom. The molecule has 0 aromatic heterocycles. The van der Waals surface area contributed by atoms with Crippen LogP contribution < -0.4 is 11.1 Å². The van der Waals surface area contributed by atoms with Gasteiger partial charge in [0.05, 0.1) is 18.8 Å². The van der Waals surface area contributed by atoms with Crippen molar-refractivity contribution in [2.45, 2.75) is 6.42 Å². The summed E-state index contributed by atoms with van der Waals surface area (Å²) < 4.78 is 5.41. The van der Waals surface area contributed by atoms with Crippen molar-refractivity contribution in [2.24, 2.45) is 0 Å². The smallest absolute Gasteiger partial charge is 0.255 e. The molecule has 1 aromatic rings. The molecule has 5 nitrogen and oxygen atoms in total. The molecule has 1 amide bonds. The molecule has 0 radical (unpaired) electrons. The first kappa shape index (κ1) is 16.0.